The maximum Gasteiger partial charge on any atom is 0.237 e. The number of hydrogen-bond acceptors (Lipinski definition) is 5. The van der Waals surface area contributed by atoms with E-state index in [9.17, 15) is 9.18 Å². The van der Waals surface area contributed by atoms with Gasteiger partial charge in [-0.2, -0.15) is 0 Å². The number of carbonyl (C=O) groups is 1. The number of hydrogen-bond donors (Lipinski definition) is 0. The standard InChI is InChI=1S/C23H23FN4O2S/c1-3-12-27-21(14-30-20-11-7-5-9-18(20)24)25-26-23(27)31-15-22(29)28-16(2)13-17-8-4-6-10-19(17)28/h3-11,16H,1,12-15H2,2H3. The molecule has 1 aliphatic heterocycles. The quantitative estimate of drug-likeness (QED) is 0.389. The molecule has 1 aromatic heterocycles. The summed E-state index contributed by atoms with van der Waals surface area (Å²) in [6.45, 7) is 6.36. The van der Waals surface area contributed by atoms with Crippen molar-refractivity contribution in [1.82, 2.24) is 14.8 Å². The number of ether oxygens (including phenoxy) is 1. The summed E-state index contributed by atoms with van der Waals surface area (Å²) < 4.78 is 21.2. The van der Waals surface area contributed by atoms with Crippen molar-refractivity contribution in [3.63, 3.8) is 0 Å². The number of allylic oxidation sites excluding steroid dienone is 1. The van der Waals surface area contributed by atoms with E-state index in [4.69, 9.17) is 4.74 Å². The summed E-state index contributed by atoms with van der Waals surface area (Å²) in [6, 6.07) is 14.3. The molecule has 1 unspecified atom stereocenters. The number of benzene rings is 2. The highest BCUT2D eigenvalue weighted by Gasteiger charge is 2.30. The molecular weight excluding hydrogens is 415 g/mol. The third-order valence-corrected chi connectivity index (χ3v) is 6.05. The minimum absolute atomic E-state index is 0.0276. The van der Waals surface area contributed by atoms with Gasteiger partial charge in [0.05, 0.1) is 5.75 Å². The van der Waals surface area contributed by atoms with Crippen molar-refractivity contribution in [1.29, 1.82) is 0 Å². The van der Waals surface area contributed by atoms with E-state index in [0.717, 1.165) is 12.1 Å². The van der Waals surface area contributed by atoms with Crippen molar-refractivity contribution < 1.29 is 13.9 Å². The summed E-state index contributed by atoms with van der Waals surface area (Å²) in [4.78, 5) is 14.8. The molecule has 0 radical (unpaired) electrons. The predicted molar refractivity (Wildman–Crippen MR) is 119 cm³/mol. The number of anilines is 1. The summed E-state index contributed by atoms with van der Waals surface area (Å²) in [5.74, 6) is 0.527. The van der Waals surface area contributed by atoms with Crippen LogP contribution >= 0.6 is 11.8 Å². The van der Waals surface area contributed by atoms with Crippen LogP contribution < -0.4 is 9.64 Å². The fourth-order valence-electron chi connectivity index (χ4n) is 3.69. The lowest BCUT2D eigenvalue weighted by Gasteiger charge is -2.22. The van der Waals surface area contributed by atoms with Crippen molar-refractivity contribution >= 4 is 23.4 Å². The van der Waals surface area contributed by atoms with Crippen LogP contribution in [0.25, 0.3) is 0 Å². The Morgan fingerprint density at radius 3 is 2.84 bits per heavy atom. The molecule has 0 saturated carbocycles. The van der Waals surface area contributed by atoms with Gasteiger partial charge < -0.3 is 9.64 Å². The van der Waals surface area contributed by atoms with E-state index in [1.54, 1.807) is 24.3 Å². The summed E-state index contributed by atoms with van der Waals surface area (Å²) in [5, 5.41) is 8.99. The number of fused-ring (bicyclic) bond motifs is 1. The largest absolute Gasteiger partial charge is 0.483 e. The molecule has 8 heteroatoms. The van der Waals surface area contributed by atoms with Crippen LogP contribution in [-0.2, 0) is 24.4 Å². The Labute approximate surface area is 184 Å². The predicted octanol–water partition coefficient (Wildman–Crippen LogP) is 4.25. The molecule has 1 amide bonds. The monoisotopic (exact) mass is 438 g/mol. The normalized spacial score (nSPS) is 15.0. The second-order valence-electron chi connectivity index (χ2n) is 7.25. The summed E-state index contributed by atoms with van der Waals surface area (Å²) in [5.41, 5.74) is 2.17. The van der Waals surface area contributed by atoms with E-state index < -0.39 is 5.82 Å². The summed E-state index contributed by atoms with van der Waals surface area (Å²) >= 11 is 1.33. The highest BCUT2D eigenvalue weighted by atomic mass is 32.2. The second-order valence-corrected chi connectivity index (χ2v) is 8.19. The first kappa shape index (κ1) is 21.1. The molecule has 2 heterocycles. The zero-order chi connectivity index (χ0) is 21.8. The molecule has 1 aliphatic rings. The molecule has 0 saturated heterocycles. The van der Waals surface area contributed by atoms with Crippen LogP contribution in [0.2, 0.25) is 0 Å². The SMILES string of the molecule is C=CCn1c(COc2ccccc2F)nnc1SCC(=O)N1c2ccccc2CC1C. The molecule has 1 atom stereocenters. The third kappa shape index (κ3) is 4.49. The van der Waals surface area contributed by atoms with Crippen molar-refractivity contribution in [2.24, 2.45) is 0 Å². The number of para-hydroxylation sites is 2. The van der Waals surface area contributed by atoms with Gasteiger partial charge in [0.2, 0.25) is 5.91 Å². The molecule has 0 spiro atoms. The first-order chi connectivity index (χ1) is 15.1. The average Bonchev–Trinajstić information content (AvgIpc) is 3.31. The van der Waals surface area contributed by atoms with Crippen LogP contribution in [-0.4, -0.2) is 32.5 Å². The molecule has 0 aliphatic carbocycles. The van der Waals surface area contributed by atoms with Crippen LogP contribution in [0.1, 0.15) is 18.3 Å². The molecule has 3 aromatic rings. The van der Waals surface area contributed by atoms with Gasteiger partial charge in [0.1, 0.15) is 6.61 Å². The van der Waals surface area contributed by atoms with Gasteiger partial charge in [-0.15, -0.1) is 16.8 Å². The van der Waals surface area contributed by atoms with Crippen molar-refractivity contribution in [3.05, 3.63) is 78.4 Å². The van der Waals surface area contributed by atoms with Crippen LogP contribution in [0.4, 0.5) is 10.1 Å². The zero-order valence-electron chi connectivity index (χ0n) is 17.2. The Balaban J connectivity index is 1.44. The van der Waals surface area contributed by atoms with Gasteiger partial charge in [0, 0.05) is 18.3 Å². The Morgan fingerprint density at radius 2 is 2.03 bits per heavy atom. The Kier molecular flexibility index (Phi) is 6.36. The molecule has 6 nitrogen and oxygen atoms in total. The maximum atomic E-state index is 13.8. The van der Waals surface area contributed by atoms with Gasteiger partial charge in [-0.1, -0.05) is 48.2 Å². The number of carbonyl (C=O) groups excluding carboxylic acids is 1. The molecular formula is C23H23FN4O2S. The van der Waals surface area contributed by atoms with Crippen molar-refractivity contribution in [2.75, 3.05) is 10.7 Å². The van der Waals surface area contributed by atoms with Gasteiger partial charge in [-0.3, -0.25) is 9.36 Å². The second kappa shape index (κ2) is 9.34. The minimum Gasteiger partial charge on any atom is -0.483 e. The number of nitrogens with zero attached hydrogens (tertiary/aromatic N) is 4. The van der Waals surface area contributed by atoms with Crippen LogP contribution in [0.3, 0.4) is 0 Å². The number of amides is 1. The maximum absolute atomic E-state index is 13.8. The van der Waals surface area contributed by atoms with E-state index in [1.807, 2.05) is 27.7 Å². The van der Waals surface area contributed by atoms with Gasteiger partial charge >= 0.3 is 0 Å². The van der Waals surface area contributed by atoms with E-state index >= 15 is 0 Å². The molecule has 160 valence electrons. The Morgan fingerprint density at radius 1 is 1.26 bits per heavy atom. The number of halogens is 1. The molecule has 0 N–H and O–H groups in total. The van der Waals surface area contributed by atoms with Crippen molar-refractivity contribution in [3.8, 4) is 5.75 Å². The molecule has 0 fully saturated rings. The number of thioether (sulfide) groups is 1. The topological polar surface area (TPSA) is 60.2 Å². The fourth-order valence-corrected chi connectivity index (χ4v) is 4.52. The number of rotatable bonds is 8. The molecule has 31 heavy (non-hydrogen) atoms. The summed E-state index contributed by atoms with van der Waals surface area (Å²) in [6.07, 6.45) is 2.58. The average molecular weight is 439 g/mol. The zero-order valence-corrected chi connectivity index (χ0v) is 18.0. The van der Waals surface area contributed by atoms with Crippen LogP contribution in [0, 0.1) is 5.82 Å². The van der Waals surface area contributed by atoms with Gasteiger partial charge in [-0.25, -0.2) is 4.39 Å². The van der Waals surface area contributed by atoms with E-state index in [2.05, 4.69) is 29.8 Å². The molecule has 2 aromatic carbocycles. The van der Waals surface area contributed by atoms with Gasteiger partial charge in [0.15, 0.2) is 22.5 Å². The number of aromatic nitrogens is 3. The lowest BCUT2D eigenvalue weighted by Crippen LogP contribution is -2.37. The van der Waals surface area contributed by atoms with E-state index in [1.165, 1.54) is 23.4 Å². The highest BCUT2D eigenvalue weighted by Crippen LogP contribution is 2.32. The first-order valence-electron chi connectivity index (χ1n) is 10.0. The Hall–Kier alpha value is -3.13. The smallest absolute Gasteiger partial charge is 0.237 e. The van der Waals surface area contributed by atoms with E-state index in [-0.39, 0.29) is 30.1 Å². The lowest BCUT2D eigenvalue weighted by molar-refractivity contribution is -0.116. The summed E-state index contributed by atoms with van der Waals surface area (Å²) in [7, 11) is 0. The van der Waals surface area contributed by atoms with Gasteiger partial charge in [0.25, 0.3) is 0 Å². The third-order valence-electron chi connectivity index (χ3n) is 5.10. The fraction of sp³-hybridized carbons (Fsp3) is 0.261. The van der Waals surface area contributed by atoms with E-state index in [0.29, 0.717) is 17.5 Å². The lowest BCUT2D eigenvalue weighted by atomic mass is 10.1. The van der Waals surface area contributed by atoms with Crippen LogP contribution in [0.15, 0.2) is 66.3 Å². The van der Waals surface area contributed by atoms with Crippen LogP contribution in [0.5, 0.6) is 5.75 Å². The van der Waals surface area contributed by atoms with Gasteiger partial charge in [-0.05, 0) is 37.1 Å². The highest BCUT2D eigenvalue weighted by molar-refractivity contribution is 7.99. The molecule has 0 bridgehead atoms. The molecule has 4 rings (SSSR count). The minimum atomic E-state index is -0.433. The van der Waals surface area contributed by atoms with Crippen molar-refractivity contribution in [2.45, 2.75) is 37.7 Å². The Bertz CT molecular complexity index is 1100. The first-order valence-corrected chi connectivity index (χ1v) is 11.0.